The Labute approximate surface area is 137 Å². The predicted molar refractivity (Wildman–Crippen MR) is 87.0 cm³/mol. The van der Waals surface area contributed by atoms with E-state index in [2.05, 4.69) is 5.43 Å². The van der Waals surface area contributed by atoms with Crippen LogP contribution in [0, 0.1) is 6.92 Å². The molecule has 1 aliphatic rings. The molecule has 0 radical (unpaired) electrons. The van der Waals surface area contributed by atoms with Crippen molar-refractivity contribution in [2.24, 2.45) is 0 Å². The number of imide groups is 1. The van der Waals surface area contributed by atoms with Gasteiger partial charge in [-0.2, -0.15) is 5.01 Å². The van der Waals surface area contributed by atoms with Gasteiger partial charge in [0.05, 0.1) is 16.9 Å². The van der Waals surface area contributed by atoms with Crippen LogP contribution < -0.4 is 5.43 Å². The number of nitrogens with one attached hydrogen (secondary N) is 1. The van der Waals surface area contributed by atoms with E-state index in [0.29, 0.717) is 11.1 Å². The Kier molecular flexibility index (Phi) is 4.16. The number of rotatable bonds is 4. The Bertz CT molecular complexity index is 769. The number of nitrogens with zero attached hydrogens (tertiary/aromatic N) is 1. The second-order valence-corrected chi connectivity index (χ2v) is 6.10. The molecule has 0 aliphatic carbocycles. The number of aryl methyl sites for hydroxylation is 1. The van der Waals surface area contributed by atoms with Gasteiger partial charge in [0, 0.05) is 4.90 Å². The van der Waals surface area contributed by atoms with Gasteiger partial charge in [0.15, 0.2) is 0 Å². The molecule has 6 heteroatoms. The highest BCUT2D eigenvalue weighted by Gasteiger charge is 2.36. The second kappa shape index (κ2) is 6.26. The molecule has 1 aliphatic heterocycles. The fourth-order valence-corrected chi connectivity index (χ4v) is 3.13. The van der Waals surface area contributed by atoms with Gasteiger partial charge in [-0.3, -0.25) is 19.8 Å². The van der Waals surface area contributed by atoms with Crippen molar-refractivity contribution in [3.05, 3.63) is 65.2 Å². The molecule has 1 N–H and O–H groups in total. The van der Waals surface area contributed by atoms with E-state index < -0.39 is 17.7 Å². The molecular formula is C17H14N2O3S. The molecule has 0 aromatic heterocycles. The topological polar surface area (TPSA) is 66.5 Å². The summed E-state index contributed by atoms with van der Waals surface area (Å²) >= 11 is 1.36. The SMILES string of the molecule is Cc1ccccc1SCC(=O)NN1C(=O)c2ccccc2C1=O. The summed E-state index contributed by atoms with van der Waals surface area (Å²) in [5.41, 5.74) is 4.08. The minimum Gasteiger partial charge on any atom is -0.272 e. The van der Waals surface area contributed by atoms with Crippen molar-refractivity contribution in [2.75, 3.05) is 5.75 Å². The zero-order valence-corrected chi connectivity index (χ0v) is 13.2. The summed E-state index contributed by atoms with van der Waals surface area (Å²) in [6.07, 6.45) is 0. The van der Waals surface area contributed by atoms with Crippen LogP contribution in [0.5, 0.6) is 0 Å². The third-order valence-corrected chi connectivity index (χ3v) is 4.66. The standard InChI is InChI=1S/C17H14N2O3S/c1-11-6-2-5-9-14(11)23-10-15(20)18-19-16(21)12-7-3-4-8-13(12)17(19)22/h2-9H,10H2,1H3,(H,18,20). The minimum absolute atomic E-state index is 0.123. The number of carbonyl (C=O) groups excluding carboxylic acids is 3. The van der Waals surface area contributed by atoms with Crippen LogP contribution in [0.2, 0.25) is 0 Å². The molecule has 2 aromatic rings. The Morgan fingerprint density at radius 3 is 2.17 bits per heavy atom. The summed E-state index contributed by atoms with van der Waals surface area (Å²) in [7, 11) is 0. The lowest BCUT2D eigenvalue weighted by atomic mass is 10.1. The van der Waals surface area contributed by atoms with Crippen molar-refractivity contribution in [1.82, 2.24) is 10.4 Å². The third-order valence-electron chi connectivity index (χ3n) is 3.48. The maximum atomic E-state index is 12.2. The van der Waals surface area contributed by atoms with Gasteiger partial charge in [-0.15, -0.1) is 11.8 Å². The number of thioether (sulfide) groups is 1. The van der Waals surface area contributed by atoms with Crippen molar-refractivity contribution in [1.29, 1.82) is 0 Å². The van der Waals surface area contributed by atoms with Crippen LogP contribution >= 0.6 is 11.8 Å². The molecule has 0 atom stereocenters. The summed E-state index contributed by atoms with van der Waals surface area (Å²) < 4.78 is 0. The minimum atomic E-state index is -0.500. The van der Waals surface area contributed by atoms with Crippen LogP contribution in [-0.4, -0.2) is 28.5 Å². The maximum absolute atomic E-state index is 12.2. The van der Waals surface area contributed by atoms with Crippen molar-refractivity contribution in [3.8, 4) is 0 Å². The molecule has 0 bridgehead atoms. The van der Waals surface area contributed by atoms with Crippen LogP contribution in [0.3, 0.4) is 0 Å². The first-order valence-electron chi connectivity index (χ1n) is 7.03. The van der Waals surface area contributed by atoms with Crippen molar-refractivity contribution in [2.45, 2.75) is 11.8 Å². The number of carbonyl (C=O) groups is 3. The molecule has 0 saturated heterocycles. The highest BCUT2D eigenvalue weighted by molar-refractivity contribution is 8.00. The van der Waals surface area contributed by atoms with Crippen LogP contribution in [0.25, 0.3) is 0 Å². The van der Waals surface area contributed by atoms with Gasteiger partial charge >= 0.3 is 0 Å². The molecular weight excluding hydrogens is 312 g/mol. The first kappa shape index (κ1) is 15.3. The van der Waals surface area contributed by atoms with Gasteiger partial charge in [-0.25, -0.2) is 0 Å². The van der Waals surface area contributed by atoms with Gasteiger partial charge in [0.1, 0.15) is 0 Å². The monoisotopic (exact) mass is 326 g/mol. The maximum Gasteiger partial charge on any atom is 0.280 e. The van der Waals surface area contributed by atoms with Gasteiger partial charge in [-0.05, 0) is 30.7 Å². The first-order chi connectivity index (χ1) is 11.1. The summed E-state index contributed by atoms with van der Waals surface area (Å²) in [5, 5.41) is 0.783. The zero-order valence-electron chi connectivity index (χ0n) is 12.4. The van der Waals surface area contributed by atoms with E-state index in [1.165, 1.54) is 11.8 Å². The highest BCUT2D eigenvalue weighted by Crippen LogP contribution is 2.23. The van der Waals surface area contributed by atoms with Gasteiger partial charge in [-0.1, -0.05) is 30.3 Å². The van der Waals surface area contributed by atoms with Crippen LogP contribution in [0.4, 0.5) is 0 Å². The Balaban J connectivity index is 1.64. The molecule has 0 unspecified atom stereocenters. The summed E-state index contributed by atoms with van der Waals surface area (Å²) in [6, 6.07) is 14.2. The van der Waals surface area contributed by atoms with E-state index in [1.54, 1.807) is 24.3 Å². The number of amides is 3. The van der Waals surface area contributed by atoms with Gasteiger partial charge < -0.3 is 0 Å². The molecule has 0 spiro atoms. The largest absolute Gasteiger partial charge is 0.280 e. The van der Waals surface area contributed by atoms with Gasteiger partial charge in [0.2, 0.25) is 5.91 Å². The molecule has 5 nitrogen and oxygen atoms in total. The summed E-state index contributed by atoms with van der Waals surface area (Å²) in [6.45, 7) is 1.96. The Morgan fingerprint density at radius 2 is 1.57 bits per heavy atom. The Hall–Kier alpha value is -2.60. The molecule has 2 aromatic carbocycles. The lowest BCUT2D eigenvalue weighted by Gasteiger charge is -2.15. The Morgan fingerprint density at radius 1 is 1.00 bits per heavy atom. The fourth-order valence-electron chi connectivity index (χ4n) is 2.31. The molecule has 23 heavy (non-hydrogen) atoms. The molecule has 0 saturated carbocycles. The molecule has 3 rings (SSSR count). The van der Waals surface area contributed by atoms with Crippen LogP contribution in [-0.2, 0) is 4.79 Å². The van der Waals surface area contributed by atoms with Crippen molar-refractivity contribution < 1.29 is 14.4 Å². The highest BCUT2D eigenvalue weighted by atomic mass is 32.2. The summed E-state index contributed by atoms with van der Waals surface area (Å²) in [4.78, 5) is 37.3. The third kappa shape index (κ3) is 2.98. The zero-order chi connectivity index (χ0) is 16.4. The number of hydrogen-bond acceptors (Lipinski definition) is 4. The normalized spacial score (nSPS) is 13.2. The van der Waals surface area contributed by atoms with Crippen molar-refractivity contribution >= 4 is 29.5 Å². The predicted octanol–water partition coefficient (Wildman–Crippen LogP) is 2.41. The number of fused-ring (bicyclic) bond motifs is 1. The first-order valence-corrected chi connectivity index (χ1v) is 8.02. The number of hydrazine groups is 1. The average molecular weight is 326 g/mol. The van der Waals surface area contributed by atoms with E-state index in [1.807, 2.05) is 31.2 Å². The lowest BCUT2D eigenvalue weighted by molar-refractivity contribution is -0.121. The summed E-state index contributed by atoms with van der Waals surface area (Å²) in [5.74, 6) is -1.27. The van der Waals surface area contributed by atoms with Crippen molar-refractivity contribution in [3.63, 3.8) is 0 Å². The molecule has 1 heterocycles. The number of hydrogen-bond donors (Lipinski definition) is 1. The average Bonchev–Trinajstić information content (AvgIpc) is 2.80. The second-order valence-electron chi connectivity index (χ2n) is 5.08. The van der Waals surface area contributed by atoms with Crippen LogP contribution in [0.15, 0.2) is 53.4 Å². The number of benzene rings is 2. The fraction of sp³-hybridized carbons (Fsp3) is 0.118. The van der Waals surface area contributed by atoms with E-state index in [9.17, 15) is 14.4 Å². The van der Waals surface area contributed by atoms with Crippen LogP contribution in [0.1, 0.15) is 26.3 Å². The van der Waals surface area contributed by atoms with E-state index in [0.717, 1.165) is 15.5 Å². The lowest BCUT2D eigenvalue weighted by Crippen LogP contribution is -2.46. The van der Waals surface area contributed by atoms with E-state index >= 15 is 0 Å². The molecule has 0 fully saturated rings. The smallest absolute Gasteiger partial charge is 0.272 e. The molecule has 116 valence electrons. The van der Waals surface area contributed by atoms with Gasteiger partial charge in [0.25, 0.3) is 11.8 Å². The molecule has 3 amide bonds. The van der Waals surface area contributed by atoms with E-state index in [4.69, 9.17) is 0 Å². The van der Waals surface area contributed by atoms with E-state index in [-0.39, 0.29) is 5.75 Å². The quantitative estimate of drug-likeness (QED) is 0.692.